The summed E-state index contributed by atoms with van der Waals surface area (Å²) in [6.07, 6.45) is 2.83. The molecular formula is C36H31FN4O2. The van der Waals surface area contributed by atoms with Crippen LogP contribution in [0.25, 0.3) is 22.2 Å². The highest BCUT2D eigenvalue weighted by Gasteiger charge is 2.41. The lowest BCUT2D eigenvalue weighted by molar-refractivity contribution is 0.160. The number of pyridine rings is 1. The molecule has 4 aromatic carbocycles. The van der Waals surface area contributed by atoms with Gasteiger partial charge >= 0.3 is 6.09 Å². The van der Waals surface area contributed by atoms with Gasteiger partial charge < -0.3 is 4.74 Å². The van der Waals surface area contributed by atoms with Crippen molar-refractivity contribution in [2.45, 2.75) is 25.3 Å². The molecule has 7 heteroatoms. The zero-order valence-corrected chi connectivity index (χ0v) is 23.8. The predicted octanol–water partition coefficient (Wildman–Crippen LogP) is 8.43. The second kappa shape index (κ2) is 12.3. The van der Waals surface area contributed by atoms with Crippen LogP contribution in [0.1, 0.15) is 36.5 Å². The lowest BCUT2D eigenvalue weighted by Gasteiger charge is -2.37. The van der Waals surface area contributed by atoms with E-state index >= 15 is 0 Å². The Morgan fingerprint density at radius 2 is 1.40 bits per heavy atom. The molecule has 0 aliphatic rings. The van der Waals surface area contributed by atoms with Gasteiger partial charge in [-0.2, -0.15) is 5.10 Å². The standard InChI is InChI=1S/C36H31FN4O2/c1-2-3-23-43-35(42)39-33-24-32-31(25-38-33)34(26-19-21-30(37)22-20-26)40-41(32)36(27-13-7-4-8-14-27,28-15-9-5-10-16-28)29-17-11-6-12-18-29/h4-22,24-25H,2-3,23H2,1H3,(H,38,39,42). The molecule has 6 rings (SSSR count). The highest BCUT2D eigenvalue weighted by Crippen LogP contribution is 2.44. The number of nitrogens with zero attached hydrogens (tertiary/aromatic N) is 3. The van der Waals surface area contributed by atoms with Crippen LogP contribution in [0.15, 0.2) is 128 Å². The Hall–Kier alpha value is -5.30. The molecule has 2 aromatic heterocycles. The molecule has 0 aliphatic heterocycles. The van der Waals surface area contributed by atoms with Gasteiger partial charge in [0.25, 0.3) is 0 Å². The number of benzene rings is 4. The number of anilines is 1. The van der Waals surface area contributed by atoms with Gasteiger partial charge in [0.05, 0.1) is 12.1 Å². The first-order chi connectivity index (χ1) is 21.1. The summed E-state index contributed by atoms with van der Waals surface area (Å²) in [6, 6.07) is 38.7. The summed E-state index contributed by atoms with van der Waals surface area (Å²) in [5.41, 5.74) is 4.19. The Kier molecular flexibility index (Phi) is 7.96. The van der Waals surface area contributed by atoms with E-state index in [4.69, 9.17) is 9.84 Å². The number of carbonyl (C=O) groups excluding carboxylic acids is 1. The van der Waals surface area contributed by atoms with Crippen molar-refractivity contribution in [1.82, 2.24) is 14.8 Å². The maximum Gasteiger partial charge on any atom is 0.412 e. The fourth-order valence-corrected chi connectivity index (χ4v) is 5.51. The summed E-state index contributed by atoms with van der Waals surface area (Å²) in [5.74, 6) is 0.00905. The van der Waals surface area contributed by atoms with E-state index in [1.54, 1.807) is 18.3 Å². The van der Waals surface area contributed by atoms with E-state index < -0.39 is 11.6 Å². The minimum Gasteiger partial charge on any atom is -0.449 e. The number of hydrogen-bond acceptors (Lipinski definition) is 4. The molecule has 0 saturated carbocycles. The summed E-state index contributed by atoms with van der Waals surface area (Å²) >= 11 is 0. The largest absolute Gasteiger partial charge is 0.449 e. The molecule has 2 heterocycles. The fourth-order valence-electron chi connectivity index (χ4n) is 5.51. The molecule has 0 saturated heterocycles. The number of amides is 1. The summed E-state index contributed by atoms with van der Waals surface area (Å²) in [6.45, 7) is 2.37. The van der Waals surface area contributed by atoms with Gasteiger partial charge in [0.1, 0.15) is 22.9 Å². The van der Waals surface area contributed by atoms with Crippen molar-refractivity contribution in [3.05, 3.63) is 150 Å². The number of nitrogens with one attached hydrogen (secondary N) is 1. The molecule has 0 radical (unpaired) electrons. The minimum absolute atomic E-state index is 0.328. The monoisotopic (exact) mass is 570 g/mol. The van der Waals surface area contributed by atoms with E-state index in [0.29, 0.717) is 18.1 Å². The van der Waals surface area contributed by atoms with Crippen molar-refractivity contribution in [3.8, 4) is 11.3 Å². The van der Waals surface area contributed by atoms with Crippen molar-refractivity contribution in [2.75, 3.05) is 11.9 Å². The van der Waals surface area contributed by atoms with E-state index in [1.807, 2.05) is 72.3 Å². The van der Waals surface area contributed by atoms with Crippen LogP contribution in [-0.4, -0.2) is 27.5 Å². The van der Waals surface area contributed by atoms with Crippen LogP contribution in [-0.2, 0) is 10.3 Å². The van der Waals surface area contributed by atoms with Gasteiger partial charge in [0, 0.05) is 23.2 Å². The number of ether oxygens (including phenoxy) is 1. The molecule has 1 amide bonds. The number of hydrogen-bond donors (Lipinski definition) is 1. The molecule has 43 heavy (non-hydrogen) atoms. The molecule has 0 fully saturated rings. The van der Waals surface area contributed by atoms with Gasteiger partial charge in [-0.1, -0.05) is 104 Å². The first-order valence-corrected chi connectivity index (χ1v) is 14.4. The van der Waals surface area contributed by atoms with E-state index in [9.17, 15) is 9.18 Å². The van der Waals surface area contributed by atoms with E-state index in [1.165, 1.54) is 12.1 Å². The van der Waals surface area contributed by atoms with Gasteiger partial charge in [0.2, 0.25) is 0 Å². The van der Waals surface area contributed by atoms with Crippen LogP contribution in [0.4, 0.5) is 15.0 Å². The Morgan fingerprint density at radius 3 is 1.93 bits per heavy atom. The molecule has 0 unspecified atom stereocenters. The fraction of sp³-hybridized carbons (Fsp3) is 0.139. The third-order valence-electron chi connectivity index (χ3n) is 7.54. The van der Waals surface area contributed by atoms with Crippen molar-refractivity contribution in [1.29, 1.82) is 0 Å². The van der Waals surface area contributed by atoms with Crippen molar-refractivity contribution in [3.63, 3.8) is 0 Å². The molecule has 0 aliphatic carbocycles. The normalized spacial score (nSPS) is 11.4. The minimum atomic E-state index is -0.916. The number of carbonyl (C=O) groups is 1. The number of unbranched alkanes of at least 4 members (excludes halogenated alkanes) is 1. The maximum atomic E-state index is 14.0. The van der Waals surface area contributed by atoms with E-state index in [-0.39, 0.29) is 5.82 Å². The summed E-state index contributed by atoms with van der Waals surface area (Å²) in [7, 11) is 0. The number of rotatable bonds is 9. The topological polar surface area (TPSA) is 69.0 Å². The van der Waals surface area contributed by atoms with Gasteiger partial charge in [-0.25, -0.2) is 18.9 Å². The van der Waals surface area contributed by atoms with E-state index in [2.05, 4.69) is 46.7 Å². The number of aromatic nitrogens is 3. The van der Waals surface area contributed by atoms with Gasteiger partial charge in [-0.15, -0.1) is 0 Å². The van der Waals surface area contributed by atoms with Crippen LogP contribution in [0, 0.1) is 5.82 Å². The highest BCUT2D eigenvalue weighted by molar-refractivity contribution is 5.96. The molecule has 6 nitrogen and oxygen atoms in total. The van der Waals surface area contributed by atoms with Crippen molar-refractivity contribution >= 4 is 22.8 Å². The summed E-state index contributed by atoms with van der Waals surface area (Å²) in [5, 5.41) is 8.82. The number of fused-ring (bicyclic) bond motifs is 1. The van der Waals surface area contributed by atoms with Gasteiger partial charge in [-0.05, 0) is 47.4 Å². The third-order valence-corrected chi connectivity index (χ3v) is 7.54. The first kappa shape index (κ1) is 27.8. The smallest absolute Gasteiger partial charge is 0.412 e. The second-order valence-corrected chi connectivity index (χ2v) is 10.3. The third kappa shape index (κ3) is 5.37. The lowest BCUT2D eigenvalue weighted by atomic mass is 9.77. The average molecular weight is 571 g/mol. The Bertz CT molecular complexity index is 1730. The maximum absolute atomic E-state index is 14.0. The Labute approximate surface area is 249 Å². The highest BCUT2D eigenvalue weighted by atomic mass is 19.1. The van der Waals surface area contributed by atoms with Crippen LogP contribution in [0.3, 0.4) is 0 Å². The molecule has 1 N–H and O–H groups in total. The Morgan fingerprint density at radius 1 is 0.837 bits per heavy atom. The quantitative estimate of drug-likeness (QED) is 0.140. The molecule has 6 aromatic rings. The summed E-state index contributed by atoms with van der Waals surface area (Å²) in [4.78, 5) is 17.2. The summed E-state index contributed by atoms with van der Waals surface area (Å²) < 4.78 is 21.3. The SMILES string of the molecule is CCCCOC(=O)Nc1cc2c(cn1)c(-c1ccc(F)cc1)nn2C(c1ccccc1)(c1ccccc1)c1ccccc1. The van der Waals surface area contributed by atoms with Crippen LogP contribution in [0.2, 0.25) is 0 Å². The van der Waals surface area contributed by atoms with Gasteiger partial charge in [0.15, 0.2) is 0 Å². The second-order valence-electron chi connectivity index (χ2n) is 10.3. The van der Waals surface area contributed by atoms with Crippen molar-refractivity contribution < 1.29 is 13.9 Å². The number of halogens is 1. The Balaban J connectivity index is 1.66. The predicted molar refractivity (Wildman–Crippen MR) is 167 cm³/mol. The zero-order chi connectivity index (χ0) is 29.6. The lowest BCUT2D eigenvalue weighted by Crippen LogP contribution is -2.38. The zero-order valence-electron chi connectivity index (χ0n) is 23.8. The average Bonchev–Trinajstić information content (AvgIpc) is 3.42. The van der Waals surface area contributed by atoms with E-state index in [0.717, 1.165) is 46.0 Å². The molecule has 0 bridgehead atoms. The van der Waals surface area contributed by atoms with Crippen molar-refractivity contribution in [2.24, 2.45) is 0 Å². The van der Waals surface area contributed by atoms with Crippen LogP contribution in [0.5, 0.6) is 0 Å². The van der Waals surface area contributed by atoms with Gasteiger partial charge in [-0.3, -0.25) is 5.32 Å². The first-order valence-electron chi connectivity index (χ1n) is 14.4. The molecule has 214 valence electrons. The van der Waals surface area contributed by atoms with Crippen LogP contribution < -0.4 is 5.32 Å². The van der Waals surface area contributed by atoms with Crippen LogP contribution >= 0.6 is 0 Å². The molecule has 0 atom stereocenters. The molecular weight excluding hydrogens is 539 g/mol. The molecule has 0 spiro atoms.